The minimum absolute atomic E-state index is 0.153. The number of carbonyl (C=O) groups excluding carboxylic acids is 1. The molecule has 0 bridgehead atoms. The Morgan fingerprint density at radius 2 is 2.15 bits per heavy atom. The average molecular weight is 276 g/mol. The number of ether oxygens (including phenoxy) is 1. The average Bonchev–Trinajstić information content (AvgIpc) is 3.22. The molecule has 1 atom stereocenters. The van der Waals surface area contributed by atoms with E-state index in [1.165, 1.54) is 5.56 Å². The molecule has 1 aliphatic rings. The lowest BCUT2D eigenvalue weighted by Gasteiger charge is -2.26. The van der Waals surface area contributed by atoms with Crippen LogP contribution in [0.1, 0.15) is 25.3 Å². The van der Waals surface area contributed by atoms with E-state index in [-0.39, 0.29) is 12.0 Å². The molecule has 1 aliphatic carbocycles. The van der Waals surface area contributed by atoms with Gasteiger partial charge in [0.25, 0.3) is 0 Å². The number of anilines is 1. The van der Waals surface area contributed by atoms with Gasteiger partial charge in [0.05, 0.1) is 6.61 Å². The van der Waals surface area contributed by atoms with Gasteiger partial charge in [0.1, 0.15) is 6.04 Å². The summed E-state index contributed by atoms with van der Waals surface area (Å²) in [5.74, 6) is -0.153. The van der Waals surface area contributed by atoms with E-state index < -0.39 is 0 Å². The van der Waals surface area contributed by atoms with E-state index in [0.29, 0.717) is 19.2 Å². The monoisotopic (exact) mass is 276 g/mol. The van der Waals surface area contributed by atoms with E-state index in [9.17, 15) is 4.79 Å². The van der Waals surface area contributed by atoms with E-state index in [1.54, 1.807) is 0 Å². The van der Waals surface area contributed by atoms with Crippen molar-refractivity contribution in [3.63, 3.8) is 0 Å². The Balaban J connectivity index is 2.02. The van der Waals surface area contributed by atoms with Crippen LogP contribution in [-0.2, 0) is 9.53 Å². The lowest BCUT2D eigenvalue weighted by molar-refractivity contribution is -0.145. The molecule has 4 nitrogen and oxygen atoms in total. The summed E-state index contributed by atoms with van der Waals surface area (Å²) in [4.78, 5) is 14.2. The fraction of sp³-hybridized carbons (Fsp3) is 0.562. The van der Waals surface area contributed by atoms with Crippen LogP contribution < -0.4 is 10.2 Å². The summed E-state index contributed by atoms with van der Waals surface area (Å²) in [6.07, 6.45) is 2.31. The van der Waals surface area contributed by atoms with Crippen LogP contribution in [0.3, 0.4) is 0 Å². The number of nitrogens with one attached hydrogen (secondary N) is 1. The molecule has 0 radical (unpaired) electrons. The minimum Gasteiger partial charge on any atom is -0.465 e. The number of para-hydroxylation sites is 1. The van der Waals surface area contributed by atoms with E-state index in [1.807, 2.05) is 26.1 Å². The van der Waals surface area contributed by atoms with Gasteiger partial charge in [-0.3, -0.25) is 4.79 Å². The van der Waals surface area contributed by atoms with Crippen LogP contribution in [0.25, 0.3) is 0 Å². The van der Waals surface area contributed by atoms with Gasteiger partial charge >= 0.3 is 5.97 Å². The van der Waals surface area contributed by atoms with Gasteiger partial charge in [0.15, 0.2) is 0 Å². The quantitative estimate of drug-likeness (QED) is 0.775. The number of nitrogens with zero attached hydrogens (tertiary/aromatic N) is 1. The van der Waals surface area contributed by atoms with Crippen LogP contribution >= 0.6 is 0 Å². The van der Waals surface area contributed by atoms with Crippen molar-refractivity contribution in [2.45, 2.75) is 38.8 Å². The molecule has 0 saturated heterocycles. The Morgan fingerprint density at radius 3 is 2.75 bits per heavy atom. The van der Waals surface area contributed by atoms with Gasteiger partial charge in [-0.25, -0.2) is 0 Å². The second-order valence-corrected chi connectivity index (χ2v) is 5.41. The van der Waals surface area contributed by atoms with Gasteiger partial charge in [-0.15, -0.1) is 0 Å². The Labute approximate surface area is 121 Å². The third-order valence-corrected chi connectivity index (χ3v) is 3.57. The molecule has 1 unspecified atom stereocenters. The van der Waals surface area contributed by atoms with Crippen LogP contribution in [0.15, 0.2) is 24.3 Å². The maximum absolute atomic E-state index is 12.0. The molecule has 1 fully saturated rings. The van der Waals surface area contributed by atoms with Gasteiger partial charge in [-0.05, 0) is 38.3 Å². The van der Waals surface area contributed by atoms with Gasteiger partial charge < -0.3 is 15.0 Å². The molecule has 1 saturated carbocycles. The van der Waals surface area contributed by atoms with Crippen molar-refractivity contribution >= 4 is 11.7 Å². The van der Waals surface area contributed by atoms with Crippen molar-refractivity contribution in [2.24, 2.45) is 0 Å². The second kappa shape index (κ2) is 6.75. The highest BCUT2D eigenvalue weighted by Gasteiger charge is 2.30. The third-order valence-electron chi connectivity index (χ3n) is 3.57. The molecule has 110 valence electrons. The standard InChI is InChI=1S/C16H24N2O2/c1-4-20-16(19)14(17-13-9-10-13)11-18(3)15-8-6-5-7-12(15)2/h5-8,13-14,17H,4,9-11H2,1-3H3. The first-order chi connectivity index (χ1) is 9.61. The Morgan fingerprint density at radius 1 is 1.45 bits per heavy atom. The van der Waals surface area contributed by atoms with Gasteiger partial charge in [0.2, 0.25) is 0 Å². The van der Waals surface area contributed by atoms with Crippen LogP contribution in [0, 0.1) is 6.92 Å². The van der Waals surface area contributed by atoms with Crippen molar-refractivity contribution in [1.82, 2.24) is 5.32 Å². The molecule has 2 rings (SSSR count). The van der Waals surface area contributed by atoms with Crippen LogP contribution in [-0.4, -0.2) is 38.3 Å². The normalized spacial score (nSPS) is 15.8. The Kier molecular flexibility index (Phi) is 5.01. The van der Waals surface area contributed by atoms with E-state index in [4.69, 9.17) is 4.74 Å². The number of aryl methyl sites for hydroxylation is 1. The fourth-order valence-electron chi connectivity index (χ4n) is 2.34. The summed E-state index contributed by atoms with van der Waals surface area (Å²) in [5.41, 5.74) is 2.36. The van der Waals surface area contributed by atoms with Crippen LogP contribution in [0.2, 0.25) is 0 Å². The van der Waals surface area contributed by atoms with Gasteiger partial charge in [0, 0.05) is 25.3 Å². The molecule has 0 spiro atoms. The first-order valence-corrected chi connectivity index (χ1v) is 7.31. The summed E-state index contributed by atoms with van der Waals surface area (Å²) >= 11 is 0. The summed E-state index contributed by atoms with van der Waals surface area (Å²) in [6, 6.07) is 8.43. The van der Waals surface area contributed by atoms with Crippen molar-refractivity contribution in [1.29, 1.82) is 0 Å². The van der Waals surface area contributed by atoms with Crippen molar-refractivity contribution in [2.75, 3.05) is 25.1 Å². The Bertz CT molecular complexity index is 458. The lowest BCUT2D eigenvalue weighted by Crippen LogP contribution is -2.47. The number of benzene rings is 1. The topological polar surface area (TPSA) is 41.6 Å². The van der Waals surface area contributed by atoms with Gasteiger partial charge in [-0.1, -0.05) is 18.2 Å². The minimum atomic E-state index is -0.257. The number of rotatable bonds is 7. The maximum Gasteiger partial charge on any atom is 0.324 e. The first kappa shape index (κ1) is 14.9. The fourth-order valence-corrected chi connectivity index (χ4v) is 2.34. The van der Waals surface area contributed by atoms with Crippen molar-refractivity contribution in [3.05, 3.63) is 29.8 Å². The highest BCUT2D eigenvalue weighted by Crippen LogP contribution is 2.21. The zero-order valence-corrected chi connectivity index (χ0v) is 12.6. The van der Waals surface area contributed by atoms with Crippen molar-refractivity contribution in [3.8, 4) is 0 Å². The number of hydrogen-bond acceptors (Lipinski definition) is 4. The van der Waals surface area contributed by atoms with E-state index >= 15 is 0 Å². The lowest BCUT2D eigenvalue weighted by atomic mass is 10.1. The SMILES string of the molecule is CCOC(=O)C(CN(C)c1ccccc1C)NC1CC1. The third kappa shape index (κ3) is 3.97. The maximum atomic E-state index is 12.0. The summed E-state index contributed by atoms with van der Waals surface area (Å²) in [6.45, 7) is 4.98. The smallest absolute Gasteiger partial charge is 0.324 e. The first-order valence-electron chi connectivity index (χ1n) is 7.31. The molecule has 4 heteroatoms. The molecule has 20 heavy (non-hydrogen) atoms. The van der Waals surface area contributed by atoms with Gasteiger partial charge in [-0.2, -0.15) is 0 Å². The zero-order valence-electron chi connectivity index (χ0n) is 12.6. The second-order valence-electron chi connectivity index (χ2n) is 5.41. The Hall–Kier alpha value is -1.55. The van der Waals surface area contributed by atoms with E-state index in [0.717, 1.165) is 18.5 Å². The molecular formula is C16H24N2O2. The molecule has 0 heterocycles. The highest BCUT2D eigenvalue weighted by atomic mass is 16.5. The number of carbonyl (C=O) groups is 1. The molecule has 0 aliphatic heterocycles. The van der Waals surface area contributed by atoms with Crippen LogP contribution in [0.5, 0.6) is 0 Å². The summed E-state index contributed by atoms with van der Waals surface area (Å²) < 4.78 is 5.17. The van der Waals surface area contributed by atoms with E-state index in [2.05, 4.69) is 29.3 Å². The molecule has 0 amide bonds. The molecular weight excluding hydrogens is 252 g/mol. The summed E-state index contributed by atoms with van der Waals surface area (Å²) in [7, 11) is 2.02. The number of likely N-dealkylation sites (N-methyl/N-ethyl adjacent to an activating group) is 1. The summed E-state index contributed by atoms with van der Waals surface area (Å²) in [5, 5.41) is 3.38. The molecule has 0 aromatic heterocycles. The molecule has 1 aromatic carbocycles. The largest absolute Gasteiger partial charge is 0.465 e. The van der Waals surface area contributed by atoms with Crippen LogP contribution in [0.4, 0.5) is 5.69 Å². The molecule has 1 N–H and O–H groups in total. The highest BCUT2D eigenvalue weighted by molar-refractivity contribution is 5.77. The number of esters is 1. The predicted molar refractivity (Wildman–Crippen MR) is 81.0 cm³/mol. The number of hydrogen-bond donors (Lipinski definition) is 1. The zero-order chi connectivity index (χ0) is 14.5. The molecule has 1 aromatic rings. The predicted octanol–water partition coefficient (Wildman–Crippen LogP) is 2.11. The van der Waals surface area contributed by atoms with Crippen molar-refractivity contribution < 1.29 is 9.53 Å².